The molecule has 1 unspecified atom stereocenters. The Labute approximate surface area is 227 Å². The van der Waals surface area contributed by atoms with Gasteiger partial charge in [0.1, 0.15) is 11.5 Å². The highest BCUT2D eigenvalue weighted by Crippen LogP contribution is 2.49. The molecule has 0 heterocycles. The Bertz CT molecular complexity index is 1190. The molecule has 192 valence electrons. The van der Waals surface area contributed by atoms with Gasteiger partial charge in [-0.05, 0) is 53.8 Å². The van der Waals surface area contributed by atoms with Crippen molar-refractivity contribution >= 4 is 23.8 Å². The monoisotopic (exact) mass is 580 g/mol. The molecular formula is C30H30BrO5P. The molecule has 0 N–H and O–H groups in total. The molecule has 4 rings (SSSR count). The van der Waals surface area contributed by atoms with Gasteiger partial charge in [-0.1, -0.05) is 107 Å². The maximum atomic E-state index is 13.4. The highest BCUT2D eigenvalue weighted by atomic mass is 79.9. The normalized spacial score (nSPS) is 12.1. The van der Waals surface area contributed by atoms with Crippen LogP contribution in [0.3, 0.4) is 0 Å². The second-order valence-corrected chi connectivity index (χ2v) is 10.5. The zero-order valence-electron chi connectivity index (χ0n) is 20.4. The molecule has 0 aliphatic carbocycles. The molecular weight excluding hydrogens is 551 g/mol. The molecule has 0 amide bonds. The Morgan fingerprint density at radius 2 is 1.11 bits per heavy atom. The second kappa shape index (κ2) is 14.2. The maximum Gasteiger partial charge on any atom is 0.587 e. The number of unbranched alkanes of at least 4 members (excludes halogenated alkanes) is 1. The summed E-state index contributed by atoms with van der Waals surface area (Å²) in [6.45, 7) is 0.758. The van der Waals surface area contributed by atoms with E-state index in [2.05, 4.69) is 52.3 Å². The van der Waals surface area contributed by atoms with E-state index in [-0.39, 0.29) is 12.7 Å². The van der Waals surface area contributed by atoms with E-state index >= 15 is 0 Å². The van der Waals surface area contributed by atoms with Crippen LogP contribution in [0.1, 0.15) is 24.5 Å². The highest BCUT2D eigenvalue weighted by Gasteiger charge is 2.30. The number of ether oxygens (including phenoxy) is 1. The van der Waals surface area contributed by atoms with Crippen molar-refractivity contribution in [2.75, 3.05) is 18.5 Å². The molecule has 0 aromatic heterocycles. The number of phosphoric ester groups is 1. The number of halogens is 1. The van der Waals surface area contributed by atoms with Gasteiger partial charge < -0.3 is 13.8 Å². The van der Waals surface area contributed by atoms with E-state index in [4.69, 9.17) is 18.3 Å². The molecule has 1 atom stereocenters. The van der Waals surface area contributed by atoms with Gasteiger partial charge >= 0.3 is 7.82 Å². The predicted molar refractivity (Wildman–Crippen MR) is 151 cm³/mol. The fourth-order valence-electron chi connectivity index (χ4n) is 3.65. The summed E-state index contributed by atoms with van der Waals surface area (Å²) < 4.78 is 36.4. The standard InChI is InChI=1S/C30H30BrO5P/c31-24-30(27-20-18-26(19-21-27)25-12-4-1-5-13-25)33-22-10-11-23-34-37(32,35-28-14-6-2-7-15-28)36-29-16-8-3-9-17-29/h1-9,12-21,30H,10-11,22-24H2. The third-order valence-electron chi connectivity index (χ3n) is 5.56. The van der Waals surface area contributed by atoms with Crippen LogP contribution < -0.4 is 9.05 Å². The summed E-state index contributed by atoms with van der Waals surface area (Å²) >= 11 is 3.57. The van der Waals surface area contributed by atoms with Crippen molar-refractivity contribution < 1.29 is 22.9 Å². The van der Waals surface area contributed by atoms with E-state index in [0.29, 0.717) is 29.9 Å². The lowest BCUT2D eigenvalue weighted by molar-refractivity contribution is 0.0642. The van der Waals surface area contributed by atoms with Gasteiger partial charge in [-0.2, -0.15) is 0 Å². The Kier molecular flexibility index (Phi) is 10.4. The summed E-state index contributed by atoms with van der Waals surface area (Å²) in [7, 11) is -3.86. The quantitative estimate of drug-likeness (QED) is 0.0846. The van der Waals surface area contributed by atoms with Crippen LogP contribution in [0.25, 0.3) is 11.1 Å². The molecule has 0 radical (unpaired) electrons. The number of phosphoric acid groups is 1. The lowest BCUT2D eigenvalue weighted by atomic mass is 10.0. The Balaban J connectivity index is 1.25. The van der Waals surface area contributed by atoms with Gasteiger partial charge in [0.15, 0.2) is 0 Å². The minimum absolute atomic E-state index is 0.0559. The van der Waals surface area contributed by atoms with Crippen LogP contribution in [0.15, 0.2) is 115 Å². The molecule has 37 heavy (non-hydrogen) atoms. The summed E-state index contributed by atoms with van der Waals surface area (Å²) in [5, 5.41) is 0.694. The van der Waals surface area contributed by atoms with Gasteiger partial charge in [-0.25, -0.2) is 4.57 Å². The first-order valence-corrected chi connectivity index (χ1v) is 14.8. The summed E-state index contributed by atoms with van der Waals surface area (Å²) in [6.07, 6.45) is 1.32. The van der Waals surface area contributed by atoms with Crippen molar-refractivity contribution in [1.82, 2.24) is 0 Å². The van der Waals surface area contributed by atoms with Crippen molar-refractivity contribution in [2.24, 2.45) is 0 Å². The molecule has 0 saturated carbocycles. The zero-order valence-corrected chi connectivity index (χ0v) is 22.9. The largest absolute Gasteiger partial charge is 0.587 e. The maximum absolute atomic E-state index is 13.4. The number of alkyl halides is 1. The molecule has 7 heteroatoms. The van der Waals surface area contributed by atoms with Gasteiger partial charge in [-0.3, -0.25) is 4.52 Å². The number of hydrogen-bond acceptors (Lipinski definition) is 5. The van der Waals surface area contributed by atoms with E-state index in [1.54, 1.807) is 48.5 Å². The van der Waals surface area contributed by atoms with Gasteiger partial charge in [0, 0.05) is 11.9 Å². The SMILES string of the molecule is O=P(OCCCCOC(CBr)c1ccc(-c2ccccc2)cc1)(Oc1ccccc1)Oc1ccccc1. The first-order chi connectivity index (χ1) is 18.1. The van der Waals surface area contributed by atoms with Crippen molar-refractivity contribution in [2.45, 2.75) is 18.9 Å². The fourth-order valence-corrected chi connectivity index (χ4v) is 5.46. The van der Waals surface area contributed by atoms with Crippen LogP contribution in [-0.4, -0.2) is 18.5 Å². The van der Waals surface area contributed by atoms with Gasteiger partial charge in [-0.15, -0.1) is 0 Å². The van der Waals surface area contributed by atoms with Crippen LogP contribution in [0.2, 0.25) is 0 Å². The van der Waals surface area contributed by atoms with Crippen LogP contribution in [0.4, 0.5) is 0 Å². The highest BCUT2D eigenvalue weighted by molar-refractivity contribution is 9.09. The van der Waals surface area contributed by atoms with E-state index in [1.165, 1.54) is 11.1 Å². The number of rotatable bonds is 14. The predicted octanol–water partition coefficient (Wildman–Crippen LogP) is 8.87. The van der Waals surface area contributed by atoms with Gasteiger partial charge in [0.05, 0.1) is 12.7 Å². The van der Waals surface area contributed by atoms with Gasteiger partial charge in [0.25, 0.3) is 0 Å². The minimum Gasteiger partial charge on any atom is -0.395 e. The van der Waals surface area contributed by atoms with Crippen LogP contribution >= 0.6 is 23.8 Å². The topological polar surface area (TPSA) is 54.0 Å². The summed E-state index contributed by atoms with van der Waals surface area (Å²) in [6, 6.07) is 36.5. The Morgan fingerprint density at radius 1 is 0.622 bits per heavy atom. The van der Waals surface area contributed by atoms with Crippen molar-refractivity contribution in [3.8, 4) is 22.6 Å². The van der Waals surface area contributed by atoms with Crippen molar-refractivity contribution in [1.29, 1.82) is 0 Å². The molecule has 5 nitrogen and oxygen atoms in total. The summed E-state index contributed by atoms with van der Waals surface area (Å²) in [5.74, 6) is 0.840. The molecule has 0 aliphatic heterocycles. The molecule has 0 saturated heterocycles. The molecule has 0 spiro atoms. The Morgan fingerprint density at radius 3 is 1.65 bits per heavy atom. The first-order valence-electron chi connectivity index (χ1n) is 12.2. The molecule has 0 aliphatic rings. The second-order valence-electron chi connectivity index (χ2n) is 8.30. The van der Waals surface area contributed by atoms with Crippen LogP contribution in [-0.2, 0) is 13.8 Å². The lowest BCUT2D eigenvalue weighted by Gasteiger charge is -2.19. The third kappa shape index (κ3) is 8.58. The average Bonchev–Trinajstić information content (AvgIpc) is 2.94. The zero-order chi connectivity index (χ0) is 25.8. The summed E-state index contributed by atoms with van der Waals surface area (Å²) in [4.78, 5) is 0. The minimum atomic E-state index is -3.86. The van der Waals surface area contributed by atoms with E-state index < -0.39 is 7.82 Å². The molecule has 4 aromatic rings. The molecule has 0 fully saturated rings. The third-order valence-corrected chi connectivity index (χ3v) is 7.51. The lowest BCUT2D eigenvalue weighted by Crippen LogP contribution is -2.09. The molecule has 0 bridgehead atoms. The fraction of sp³-hybridized carbons (Fsp3) is 0.200. The van der Waals surface area contributed by atoms with Crippen molar-refractivity contribution in [3.63, 3.8) is 0 Å². The smallest absolute Gasteiger partial charge is 0.395 e. The molecule has 4 aromatic carbocycles. The van der Waals surface area contributed by atoms with E-state index in [9.17, 15) is 4.57 Å². The van der Waals surface area contributed by atoms with Crippen LogP contribution in [0.5, 0.6) is 11.5 Å². The van der Waals surface area contributed by atoms with E-state index in [1.807, 2.05) is 30.3 Å². The number of hydrogen-bond donors (Lipinski definition) is 0. The van der Waals surface area contributed by atoms with Crippen molar-refractivity contribution in [3.05, 3.63) is 121 Å². The average molecular weight is 581 g/mol. The summed E-state index contributed by atoms with van der Waals surface area (Å²) in [5.41, 5.74) is 3.48. The van der Waals surface area contributed by atoms with Gasteiger partial charge in [0.2, 0.25) is 0 Å². The van der Waals surface area contributed by atoms with E-state index in [0.717, 1.165) is 12.0 Å². The van der Waals surface area contributed by atoms with Crippen LogP contribution in [0, 0.1) is 0 Å². The Hall–Kier alpha value is -2.89. The number of benzene rings is 4. The number of para-hydroxylation sites is 2. The first kappa shape index (κ1) is 27.2.